The molecule has 1 rings (SSSR count). The van der Waals surface area contributed by atoms with Gasteiger partial charge in [0, 0.05) is 23.1 Å². The molecule has 0 aromatic heterocycles. The lowest BCUT2D eigenvalue weighted by molar-refractivity contribution is -0.384. The van der Waals surface area contributed by atoms with Crippen molar-refractivity contribution in [1.82, 2.24) is 5.32 Å². The number of hydrogen-bond acceptors (Lipinski definition) is 4. The molecule has 0 spiro atoms. The molecule has 0 aliphatic rings. The van der Waals surface area contributed by atoms with Crippen molar-refractivity contribution in [3.8, 4) is 0 Å². The van der Waals surface area contributed by atoms with Crippen LogP contribution in [0, 0.1) is 10.1 Å². The normalized spacial score (nSPS) is 16.2. The summed E-state index contributed by atoms with van der Waals surface area (Å²) >= 11 is 0. The lowest BCUT2D eigenvalue weighted by Crippen LogP contribution is -2.35. The molecule has 1 aromatic rings. The molecule has 0 radical (unpaired) electrons. The summed E-state index contributed by atoms with van der Waals surface area (Å²) in [7, 11) is 0.649. The van der Waals surface area contributed by atoms with E-state index >= 15 is 0 Å². The molecule has 3 unspecified atom stereocenters. The highest BCUT2D eigenvalue weighted by Crippen LogP contribution is 2.18. The fraction of sp³-hybridized carbons (Fsp3) is 0.455. The van der Waals surface area contributed by atoms with Crippen molar-refractivity contribution in [2.24, 2.45) is 0 Å². The van der Waals surface area contributed by atoms with Crippen LogP contribution in [-0.4, -0.2) is 27.5 Å². The van der Waals surface area contributed by atoms with Crippen molar-refractivity contribution in [3.63, 3.8) is 0 Å². The summed E-state index contributed by atoms with van der Waals surface area (Å²) < 4.78 is 12.1. The van der Waals surface area contributed by atoms with Crippen LogP contribution in [0.4, 0.5) is 5.69 Å². The van der Waals surface area contributed by atoms with E-state index in [9.17, 15) is 14.3 Å². The third-order valence-electron chi connectivity index (χ3n) is 2.78. The van der Waals surface area contributed by atoms with Crippen molar-refractivity contribution in [2.45, 2.75) is 30.0 Å². The van der Waals surface area contributed by atoms with Crippen LogP contribution < -0.4 is 5.32 Å². The number of nitro groups is 1. The number of hydrogen-bond donors (Lipinski definition) is 1. The molecule has 0 amide bonds. The molecule has 1 N–H and O–H groups in total. The van der Waals surface area contributed by atoms with Crippen LogP contribution in [0.2, 0.25) is 0 Å². The molecule has 0 aliphatic carbocycles. The Hall–Kier alpha value is -1.27. The lowest BCUT2D eigenvalue weighted by Gasteiger charge is -2.18. The lowest BCUT2D eigenvalue weighted by atomic mass is 10.3. The van der Waals surface area contributed by atoms with E-state index in [0.29, 0.717) is 4.90 Å². The van der Waals surface area contributed by atoms with Crippen molar-refractivity contribution < 1.29 is 9.13 Å². The molecule has 0 aliphatic heterocycles. The highest BCUT2D eigenvalue weighted by Gasteiger charge is 2.19. The Balaban J connectivity index is 2.86. The Kier molecular flexibility index (Phi) is 4.77. The molecule has 5 nitrogen and oxygen atoms in total. The summed E-state index contributed by atoms with van der Waals surface area (Å²) in [5.74, 6) is 0. The first-order chi connectivity index (χ1) is 7.97. The molecule has 0 fully saturated rings. The maximum Gasteiger partial charge on any atom is 0.269 e. The number of rotatable bonds is 5. The maximum atomic E-state index is 12.1. The molecule has 94 valence electrons. The van der Waals surface area contributed by atoms with Crippen molar-refractivity contribution in [3.05, 3.63) is 34.4 Å². The summed E-state index contributed by atoms with van der Waals surface area (Å²) in [5.41, 5.74) is 0.0140. The highest BCUT2D eigenvalue weighted by atomic mass is 32.2. The molecular weight excluding hydrogens is 240 g/mol. The zero-order chi connectivity index (χ0) is 13.0. The van der Waals surface area contributed by atoms with Crippen LogP contribution >= 0.6 is 0 Å². The van der Waals surface area contributed by atoms with Crippen LogP contribution in [0.1, 0.15) is 13.8 Å². The zero-order valence-electron chi connectivity index (χ0n) is 10.0. The largest absolute Gasteiger partial charge is 0.316 e. The van der Waals surface area contributed by atoms with Gasteiger partial charge in [0.25, 0.3) is 5.69 Å². The summed E-state index contributed by atoms with van der Waals surface area (Å²) in [6.45, 7) is 3.84. The average Bonchev–Trinajstić information content (AvgIpc) is 2.36. The average molecular weight is 256 g/mol. The Labute approximate surface area is 103 Å². The van der Waals surface area contributed by atoms with Crippen molar-refractivity contribution in [1.29, 1.82) is 0 Å². The fourth-order valence-electron chi connectivity index (χ4n) is 1.34. The standard InChI is InChI=1S/C11H16N2O3S/c1-8(12-3)9(2)17(16)11-6-4-10(5-7-11)13(14)15/h4-9,12H,1-3H3. The van der Waals surface area contributed by atoms with Gasteiger partial charge in [-0.25, -0.2) is 0 Å². The quantitative estimate of drug-likeness (QED) is 0.643. The minimum atomic E-state index is -1.16. The van der Waals surface area contributed by atoms with Crippen molar-refractivity contribution in [2.75, 3.05) is 7.05 Å². The van der Waals surface area contributed by atoms with E-state index in [0.717, 1.165) is 0 Å². The second-order valence-corrected chi connectivity index (χ2v) is 5.64. The molecule has 3 atom stereocenters. The number of nitrogens with one attached hydrogen (secondary N) is 1. The van der Waals surface area contributed by atoms with Gasteiger partial charge in [-0.05, 0) is 33.0 Å². The number of nitro benzene ring substituents is 1. The molecule has 0 saturated heterocycles. The molecule has 1 aromatic carbocycles. The van der Waals surface area contributed by atoms with Gasteiger partial charge >= 0.3 is 0 Å². The Morgan fingerprint density at radius 3 is 2.24 bits per heavy atom. The molecule has 0 saturated carbocycles. The molecule has 17 heavy (non-hydrogen) atoms. The van der Waals surface area contributed by atoms with E-state index < -0.39 is 15.7 Å². The minimum absolute atomic E-state index is 0.0140. The predicted octanol–water partition coefficient (Wildman–Crippen LogP) is 1.70. The number of benzene rings is 1. The van der Waals surface area contributed by atoms with Crippen LogP contribution in [0.15, 0.2) is 29.2 Å². The maximum absolute atomic E-state index is 12.1. The van der Waals surface area contributed by atoms with Crippen LogP contribution in [0.5, 0.6) is 0 Å². The van der Waals surface area contributed by atoms with Crippen LogP contribution in [0.3, 0.4) is 0 Å². The topological polar surface area (TPSA) is 72.2 Å². The van der Waals surface area contributed by atoms with E-state index in [-0.39, 0.29) is 17.0 Å². The summed E-state index contributed by atoms with van der Waals surface area (Å²) in [5, 5.41) is 13.5. The third kappa shape index (κ3) is 3.34. The first kappa shape index (κ1) is 13.8. The molecular formula is C11H16N2O3S. The Morgan fingerprint density at radius 1 is 1.29 bits per heavy atom. The van der Waals surface area contributed by atoms with Gasteiger partial charge < -0.3 is 5.32 Å². The fourth-order valence-corrected chi connectivity index (χ4v) is 2.68. The summed E-state index contributed by atoms with van der Waals surface area (Å²) in [6, 6.07) is 5.97. The van der Waals surface area contributed by atoms with Gasteiger partial charge in [-0.3, -0.25) is 14.3 Å². The van der Waals surface area contributed by atoms with Gasteiger partial charge in [-0.2, -0.15) is 0 Å². The molecule has 6 heteroatoms. The van der Waals surface area contributed by atoms with E-state index in [1.807, 2.05) is 20.9 Å². The molecule has 0 bridgehead atoms. The highest BCUT2D eigenvalue weighted by molar-refractivity contribution is 7.85. The SMILES string of the molecule is CNC(C)C(C)S(=O)c1ccc([N+](=O)[O-])cc1. The van der Waals surface area contributed by atoms with E-state index in [1.54, 1.807) is 12.1 Å². The van der Waals surface area contributed by atoms with Crippen molar-refractivity contribution >= 4 is 16.5 Å². The van der Waals surface area contributed by atoms with Crippen LogP contribution in [-0.2, 0) is 10.8 Å². The first-order valence-electron chi connectivity index (χ1n) is 5.29. The monoisotopic (exact) mass is 256 g/mol. The van der Waals surface area contributed by atoms with Crippen LogP contribution in [0.25, 0.3) is 0 Å². The third-order valence-corrected chi connectivity index (χ3v) is 4.60. The smallest absolute Gasteiger partial charge is 0.269 e. The molecule has 0 heterocycles. The van der Waals surface area contributed by atoms with E-state index in [4.69, 9.17) is 0 Å². The van der Waals surface area contributed by atoms with Gasteiger partial charge in [-0.1, -0.05) is 0 Å². The Morgan fingerprint density at radius 2 is 1.82 bits per heavy atom. The van der Waals surface area contributed by atoms with Gasteiger partial charge in [-0.15, -0.1) is 0 Å². The Bertz CT molecular complexity index is 419. The van der Waals surface area contributed by atoms with E-state index in [2.05, 4.69) is 5.32 Å². The zero-order valence-corrected chi connectivity index (χ0v) is 10.9. The van der Waals surface area contributed by atoms with Gasteiger partial charge in [0.15, 0.2) is 0 Å². The number of non-ortho nitro benzene ring substituents is 1. The van der Waals surface area contributed by atoms with Gasteiger partial charge in [0.2, 0.25) is 0 Å². The van der Waals surface area contributed by atoms with Gasteiger partial charge in [0.05, 0.1) is 21.0 Å². The second-order valence-electron chi connectivity index (χ2n) is 3.83. The second kappa shape index (κ2) is 5.88. The number of nitrogens with zero attached hydrogens (tertiary/aromatic N) is 1. The van der Waals surface area contributed by atoms with E-state index in [1.165, 1.54) is 12.1 Å². The minimum Gasteiger partial charge on any atom is -0.316 e. The van der Waals surface area contributed by atoms with Gasteiger partial charge in [0.1, 0.15) is 0 Å². The summed E-state index contributed by atoms with van der Waals surface area (Å²) in [6.07, 6.45) is 0. The predicted molar refractivity (Wildman–Crippen MR) is 67.5 cm³/mol. The summed E-state index contributed by atoms with van der Waals surface area (Å²) in [4.78, 5) is 10.6. The first-order valence-corrected chi connectivity index (χ1v) is 6.51.